The van der Waals surface area contributed by atoms with Crippen LogP contribution in [0.25, 0.3) is 32.8 Å². The smallest absolute Gasteiger partial charge is 0.166 e. The van der Waals surface area contributed by atoms with Gasteiger partial charge in [-0.15, -0.1) is 0 Å². The van der Waals surface area contributed by atoms with E-state index in [1.54, 1.807) is 17.8 Å². The van der Waals surface area contributed by atoms with Crippen LogP contribution in [0.1, 0.15) is 33.9 Å². The highest BCUT2D eigenvalue weighted by Gasteiger charge is 2.23. The number of hydrogen-bond acceptors (Lipinski definition) is 4. The molecule has 0 amide bonds. The molecule has 0 aliphatic carbocycles. The predicted molar refractivity (Wildman–Crippen MR) is 134 cm³/mol. The number of nitrogens with one attached hydrogen (secondary N) is 1. The number of aryl methyl sites for hydroxylation is 2. The van der Waals surface area contributed by atoms with E-state index < -0.39 is 5.82 Å². The van der Waals surface area contributed by atoms with E-state index in [9.17, 15) is 9.90 Å². The molecular weight excluding hydrogens is 445 g/mol. The van der Waals surface area contributed by atoms with Crippen molar-refractivity contribution in [3.8, 4) is 16.9 Å². The third kappa shape index (κ3) is 3.98. The van der Waals surface area contributed by atoms with Gasteiger partial charge in [-0.05, 0) is 48.9 Å². The zero-order chi connectivity index (χ0) is 24.5. The molecule has 0 saturated heterocycles. The molecule has 5 aromatic rings. The first-order chi connectivity index (χ1) is 17.0. The molecule has 2 aromatic heterocycles. The summed E-state index contributed by atoms with van der Waals surface area (Å²) in [4.78, 5) is 15.0. The maximum Gasteiger partial charge on any atom is 0.166 e. The molecule has 0 aliphatic heterocycles. The minimum Gasteiger partial charge on any atom is -0.493 e. The lowest BCUT2D eigenvalue weighted by atomic mass is 9.98. The number of carbonyl (C=O) groups is 1. The van der Waals surface area contributed by atoms with Gasteiger partial charge in [0.1, 0.15) is 11.6 Å². The number of aliphatic hydroxyl groups excluding tert-OH is 1. The summed E-state index contributed by atoms with van der Waals surface area (Å²) in [7, 11) is 1.75. The number of benzene rings is 3. The van der Waals surface area contributed by atoms with Gasteiger partial charge in [0, 0.05) is 34.6 Å². The number of nitrogens with zero attached hydrogens (tertiary/aromatic N) is 2. The molecule has 6 nitrogen and oxygen atoms in total. The second-order valence-electron chi connectivity index (χ2n) is 8.60. The van der Waals surface area contributed by atoms with Crippen LogP contribution in [-0.4, -0.2) is 32.8 Å². The number of aliphatic hydroxyl groups is 1. The minimum absolute atomic E-state index is 0.313. The zero-order valence-electron chi connectivity index (χ0n) is 19.6. The Morgan fingerprint density at radius 3 is 2.69 bits per heavy atom. The van der Waals surface area contributed by atoms with Gasteiger partial charge >= 0.3 is 0 Å². The standard InChI is InChI=1S/C28H26FN3O3/c1-17-26(24(16-34)31-32(17)2)27-22(29)13-12-21-20(23(15-33)30-28(21)27)10-6-14-35-25-11-5-8-18-7-3-4-9-19(18)25/h3-5,7-9,11-13,15,30,34H,6,10,14,16H2,1-2H3. The molecule has 0 bridgehead atoms. The van der Waals surface area contributed by atoms with Crippen LogP contribution in [0.5, 0.6) is 5.75 Å². The van der Waals surface area contributed by atoms with Crippen molar-refractivity contribution in [2.45, 2.75) is 26.4 Å². The van der Waals surface area contributed by atoms with E-state index in [2.05, 4.69) is 10.1 Å². The van der Waals surface area contributed by atoms with Crippen LogP contribution in [0, 0.1) is 12.7 Å². The number of aromatic amines is 1. The molecule has 7 heteroatoms. The SMILES string of the molecule is Cc1c(-c2c(F)ccc3c(CCCOc4cccc5ccccc45)c(C=O)[nH]c23)c(CO)nn1C. The molecule has 35 heavy (non-hydrogen) atoms. The van der Waals surface area contributed by atoms with Gasteiger partial charge in [-0.2, -0.15) is 5.10 Å². The van der Waals surface area contributed by atoms with Crippen LogP contribution in [0.2, 0.25) is 0 Å². The Hall–Kier alpha value is -3.97. The summed E-state index contributed by atoms with van der Waals surface area (Å²) < 4.78 is 22.8. The van der Waals surface area contributed by atoms with Crippen molar-refractivity contribution in [2.24, 2.45) is 7.05 Å². The highest BCUT2D eigenvalue weighted by Crippen LogP contribution is 2.37. The molecule has 0 aliphatic rings. The van der Waals surface area contributed by atoms with Crippen molar-refractivity contribution >= 4 is 28.0 Å². The van der Waals surface area contributed by atoms with E-state index in [1.807, 2.05) is 49.4 Å². The van der Waals surface area contributed by atoms with Gasteiger partial charge in [0.2, 0.25) is 0 Å². The molecule has 178 valence electrons. The highest BCUT2D eigenvalue weighted by molar-refractivity contribution is 6.01. The van der Waals surface area contributed by atoms with Crippen molar-refractivity contribution in [3.63, 3.8) is 0 Å². The van der Waals surface area contributed by atoms with E-state index in [0.29, 0.717) is 47.5 Å². The average Bonchev–Trinajstić information content (AvgIpc) is 3.38. The first-order valence-electron chi connectivity index (χ1n) is 11.6. The second kappa shape index (κ2) is 9.35. The van der Waals surface area contributed by atoms with Crippen molar-refractivity contribution in [1.82, 2.24) is 14.8 Å². The van der Waals surface area contributed by atoms with Gasteiger partial charge in [0.25, 0.3) is 0 Å². The number of H-pyrrole nitrogens is 1. The summed E-state index contributed by atoms with van der Waals surface area (Å²) in [5.41, 5.74) is 3.76. The topological polar surface area (TPSA) is 80.1 Å². The molecule has 5 rings (SSSR count). The largest absolute Gasteiger partial charge is 0.493 e. The van der Waals surface area contributed by atoms with Gasteiger partial charge in [0.05, 0.1) is 30.1 Å². The van der Waals surface area contributed by atoms with Crippen LogP contribution >= 0.6 is 0 Å². The lowest BCUT2D eigenvalue weighted by Crippen LogP contribution is -2.01. The Morgan fingerprint density at radius 1 is 1.09 bits per heavy atom. The number of halogens is 1. The molecule has 0 fully saturated rings. The van der Waals surface area contributed by atoms with Crippen molar-refractivity contribution < 1.29 is 19.0 Å². The number of aldehydes is 1. The third-order valence-corrected chi connectivity index (χ3v) is 6.57. The Kier molecular flexibility index (Phi) is 6.09. The fourth-order valence-corrected chi connectivity index (χ4v) is 4.79. The maximum absolute atomic E-state index is 15.1. The van der Waals surface area contributed by atoms with Gasteiger partial charge < -0.3 is 14.8 Å². The van der Waals surface area contributed by atoms with Crippen LogP contribution in [-0.2, 0) is 20.1 Å². The van der Waals surface area contributed by atoms with Crippen molar-refractivity contribution in [3.05, 3.63) is 83.1 Å². The molecule has 2 heterocycles. The van der Waals surface area contributed by atoms with Gasteiger partial charge in [-0.1, -0.05) is 36.4 Å². The highest BCUT2D eigenvalue weighted by atomic mass is 19.1. The molecule has 0 saturated carbocycles. The Morgan fingerprint density at radius 2 is 1.89 bits per heavy atom. The zero-order valence-corrected chi connectivity index (χ0v) is 19.6. The Bertz CT molecular complexity index is 1550. The van der Waals surface area contributed by atoms with Gasteiger partial charge in [-0.3, -0.25) is 9.48 Å². The lowest BCUT2D eigenvalue weighted by Gasteiger charge is -2.10. The molecule has 0 spiro atoms. The normalized spacial score (nSPS) is 11.4. The second-order valence-corrected chi connectivity index (χ2v) is 8.60. The predicted octanol–water partition coefficient (Wildman–Crippen LogP) is 5.49. The number of ether oxygens (including phenoxy) is 1. The summed E-state index contributed by atoms with van der Waals surface area (Å²) >= 11 is 0. The summed E-state index contributed by atoms with van der Waals surface area (Å²) in [5, 5.41) is 17.1. The van der Waals surface area contributed by atoms with E-state index >= 15 is 4.39 Å². The number of hydrogen-bond donors (Lipinski definition) is 2. The van der Waals surface area contributed by atoms with Gasteiger partial charge in [-0.25, -0.2) is 4.39 Å². The maximum atomic E-state index is 15.1. The van der Waals surface area contributed by atoms with Crippen LogP contribution in [0.4, 0.5) is 4.39 Å². The summed E-state index contributed by atoms with van der Waals surface area (Å²) in [6, 6.07) is 17.1. The first-order valence-corrected chi connectivity index (χ1v) is 11.6. The van der Waals surface area contributed by atoms with E-state index in [0.717, 1.165) is 39.5 Å². The lowest BCUT2D eigenvalue weighted by molar-refractivity contribution is 0.111. The fourth-order valence-electron chi connectivity index (χ4n) is 4.79. The molecular formula is C28H26FN3O3. The van der Waals surface area contributed by atoms with Crippen LogP contribution in [0.15, 0.2) is 54.6 Å². The Balaban J connectivity index is 1.45. The van der Waals surface area contributed by atoms with E-state index in [1.165, 1.54) is 6.07 Å². The fraction of sp³-hybridized carbons (Fsp3) is 0.214. The first kappa shape index (κ1) is 22.8. The van der Waals surface area contributed by atoms with Gasteiger partial charge in [0.15, 0.2) is 6.29 Å². The van der Waals surface area contributed by atoms with Crippen LogP contribution in [0.3, 0.4) is 0 Å². The number of carbonyl (C=O) groups excluding carboxylic acids is 1. The van der Waals surface area contributed by atoms with Crippen molar-refractivity contribution in [1.29, 1.82) is 0 Å². The molecule has 0 radical (unpaired) electrons. The quantitative estimate of drug-likeness (QED) is 0.232. The summed E-state index contributed by atoms with van der Waals surface area (Å²) in [5.74, 6) is 0.387. The summed E-state index contributed by atoms with van der Waals surface area (Å²) in [6.07, 6.45) is 2.03. The summed E-state index contributed by atoms with van der Waals surface area (Å²) in [6.45, 7) is 1.99. The van der Waals surface area contributed by atoms with E-state index in [4.69, 9.17) is 4.74 Å². The third-order valence-electron chi connectivity index (χ3n) is 6.57. The molecule has 0 atom stereocenters. The van der Waals surface area contributed by atoms with Crippen molar-refractivity contribution in [2.75, 3.05) is 6.61 Å². The monoisotopic (exact) mass is 471 g/mol. The van der Waals surface area contributed by atoms with E-state index in [-0.39, 0.29) is 6.61 Å². The number of fused-ring (bicyclic) bond motifs is 2. The molecule has 2 N–H and O–H groups in total. The minimum atomic E-state index is -0.437. The number of rotatable bonds is 8. The Labute approximate surface area is 202 Å². The van der Waals surface area contributed by atoms with Crippen LogP contribution < -0.4 is 4.74 Å². The number of aromatic nitrogens is 3. The average molecular weight is 472 g/mol. The molecule has 3 aromatic carbocycles. The molecule has 0 unspecified atom stereocenters.